The molecule has 3 rings (SSSR count). The molecule has 2 aliphatic heterocycles. The van der Waals surface area contributed by atoms with Crippen LogP contribution in [0.3, 0.4) is 0 Å². The normalized spacial score (nSPS) is 26.9. The van der Waals surface area contributed by atoms with Crippen molar-refractivity contribution in [2.45, 2.75) is 25.5 Å². The first kappa shape index (κ1) is 12.6. The van der Waals surface area contributed by atoms with E-state index in [1.54, 1.807) is 0 Å². The van der Waals surface area contributed by atoms with Crippen LogP contribution in [0.5, 0.6) is 0 Å². The van der Waals surface area contributed by atoms with Gasteiger partial charge in [0, 0.05) is 25.7 Å². The van der Waals surface area contributed by atoms with Gasteiger partial charge in [-0.2, -0.15) is 0 Å². The summed E-state index contributed by atoms with van der Waals surface area (Å²) in [6.07, 6.45) is 0.488. The lowest BCUT2D eigenvalue weighted by Crippen LogP contribution is -2.54. The number of carbonyl (C=O) groups excluding carboxylic acids is 1. The Labute approximate surface area is 113 Å². The van der Waals surface area contributed by atoms with Crippen molar-refractivity contribution < 1.29 is 9.53 Å². The zero-order valence-electron chi connectivity index (χ0n) is 11.3. The molecule has 0 saturated carbocycles. The van der Waals surface area contributed by atoms with E-state index in [0.717, 1.165) is 31.6 Å². The molecule has 102 valence electrons. The minimum Gasteiger partial charge on any atom is -0.363 e. The van der Waals surface area contributed by atoms with E-state index in [2.05, 4.69) is 18.3 Å². The molecule has 0 radical (unpaired) electrons. The molecule has 1 aromatic carbocycles. The summed E-state index contributed by atoms with van der Waals surface area (Å²) in [7, 11) is 0. The van der Waals surface area contributed by atoms with Crippen molar-refractivity contribution in [2.24, 2.45) is 0 Å². The van der Waals surface area contributed by atoms with E-state index in [9.17, 15) is 4.79 Å². The minimum absolute atomic E-state index is 0.112. The van der Waals surface area contributed by atoms with E-state index < -0.39 is 6.10 Å². The molecule has 4 heteroatoms. The predicted octanol–water partition coefficient (Wildman–Crippen LogP) is 1.12. The summed E-state index contributed by atoms with van der Waals surface area (Å²) >= 11 is 0. The number of benzene rings is 1. The van der Waals surface area contributed by atoms with Crippen molar-refractivity contribution >= 4 is 5.91 Å². The number of fused-ring (bicyclic) bond motifs is 1. The van der Waals surface area contributed by atoms with Gasteiger partial charge >= 0.3 is 0 Å². The predicted molar refractivity (Wildman–Crippen MR) is 72.9 cm³/mol. The molecule has 2 atom stereocenters. The van der Waals surface area contributed by atoms with Crippen LogP contribution in [0.2, 0.25) is 0 Å². The van der Waals surface area contributed by atoms with Crippen LogP contribution in [-0.4, -0.2) is 43.1 Å². The fraction of sp³-hybridized carbons (Fsp3) is 0.533. The number of nitrogens with zero attached hydrogens (tertiary/aromatic N) is 1. The van der Waals surface area contributed by atoms with E-state index in [1.807, 2.05) is 23.1 Å². The molecule has 1 N–H and O–H groups in total. The number of carbonyl (C=O) groups is 1. The summed E-state index contributed by atoms with van der Waals surface area (Å²) in [6.45, 7) is 5.21. The van der Waals surface area contributed by atoms with Gasteiger partial charge in [-0.25, -0.2) is 0 Å². The number of rotatable bonds is 1. The highest BCUT2D eigenvalue weighted by Crippen LogP contribution is 2.29. The van der Waals surface area contributed by atoms with E-state index in [4.69, 9.17) is 4.74 Å². The standard InChI is InChI=1S/C15H20N2O2/c1-11-10-16-7-8-17(11)15(18)14-13-5-3-2-4-12(13)6-9-19-14/h2-5,11,14,16H,6-10H2,1H3. The Morgan fingerprint density at radius 2 is 2.26 bits per heavy atom. The Kier molecular flexibility index (Phi) is 3.53. The average molecular weight is 260 g/mol. The van der Waals surface area contributed by atoms with Crippen molar-refractivity contribution in [3.63, 3.8) is 0 Å². The molecule has 1 saturated heterocycles. The SMILES string of the molecule is CC1CNCCN1C(=O)C1OCCc2ccccc21. The zero-order chi connectivity index (χ0) is 13.2. The lowest BCUT2D eigenvalue weighted by Gasteiger charge is -2.37. The molecule has 1 aromatic rings. The number of amides is 1. The highest BCUT2D eigenvalue weighted by atomic mass is 16.5. The maximum absolute atomic E-state index is 12.7. The molecule has 2 heterocycles. The maximum Gasteiger partial charge on any atom is 0.256 e. The Bertz CT molecular complexity index is 475. The van der Waals surface area contributed by atoms with E-state index >= 15 is 0 Å². The van der Waals surface area contributed by atoms with Gasteiger partial charge in [0.2, 0.25) is 0 Å². The average Bonchev–Trinajstić information content (AvgIpc) is 2.46. The summed E-state index contributed by atoms with van der Waals surface area (Å²) in [6, 6.07) is 8.36. The van der Waals surface area contributed by atoms with Crippen LogP contribution in [0.1, 0.15) is 24.2 Å². The second kappa shape index (κ2) is 5.31. The van der Waals surface area contributed by atoms with Crippen molar-refractivity contribution in [2.75, 3.05) is 26.2 Å². The summed E-state index contributed by atoms with van der Waals surface area (Å²) in [5, 5.41) is 3.31. The molecule has 1 fully saturated rings. The van der Waals surface area contributed by atoms with Crippen molar-refractivity contribution in [3.05, 3.63) is 35.4 Å². The molecule has 0 aliphatic carbocycles. The number of piperazine rings is 1. The van der Waals surface area contributed by atoms with Gasteiger partial charge in [0.05, 0.1) is 6.61 Å². The van der Waals surface area contributed by atoms with Crippen LogP contribution in [0.15, 0.2) is 24.3 Å². The fourth-order valence-corrected chi connectivity index (χ4v) is 2.92. The Morgan fingerprint density at radius 3 is 3.11 bits per heavy atom. The number of hydrogen-bond acceptors (Lipinski definition) is 3. The molecule has 0 aromatic heterocycles. The van der Waals surface area contributed by atoms with Crippen LogP contribution in [0, 0.1) is 0 Å². The van der Waals surface area contributed by atoms with E-state index in [1.165, 1.54) is 5.56 Å². The largest absolute Gasteiger partial charge is 0.363 e. The third-order valence-electron chi connectivity index (χ3n) is 4.00. The lowest BCUT2D eigenvalue weighted by molar-refractivity contribution is -0.148. The van der Waals surface area contributed by atoms with Crippen LogP contribution in [-0.2, 0) is 16.0 Å². The fourth-order valence-electron chi connectivity index (χ4n) is 2.92. The minimum atomic E-state index is -0.412. The smallest absolute Gasteiger partial charge is 0.256 e. The van der Waals surface area contributed by atoms with Gasteiger partial charge in [-0.05, 0) is 24.5 Å². The van der Waals surface area contributed by atoms with Gasteiger partial charge < -0.3 is 15.0 Å². The van der Waals surface area contributed by atoms with E-state index in [0.29, 0.717) is 6.61 Å². The Hall–Kier alpha value is -1.39. The molecule has 0 bridgehead atoms. The van der Waals surface area contributed by atoms with Gasteiger partial charge in [-0.1, -0.05) is 24.3 Å². The molecule has 2 aliphatic rings. The lowest BCUT2D eigenvalue weighted by atomic mass is 9.96. The van der Waals surface area contributed by atoms with Gasteiger partial charge in [0.25, 0.3) is 5.91 Å². The second-order valence-corrected chi connectivity index (χ2v) is 5.28. The monoisotopic (exact) mass is 260 g/mol. The third-order valence-corrected chi connectivity index (χ3v) is 4.00. The van der Waals surface area contributed by atoms with Gasteiger partial charge in [0.15, 0.2) is 6.10 Å². The molecule has 1 amide bonds. The van der Waals surface area contributed by atoms with Crippen molar-refractivity contribution in [3.8, 4) is 0 Å². The molecule has 2 unspecified atom stereocenters. The number of hydrogen-bond donors (Lipinski definition) is 1. The summed E-state index contributed by atoms with van der Waals surface area (Å²) in [5.74, 6) is 0.112. The number of nitrogens with one attached hydrogen (secondary N) is 1. The zero-order valence-corrected chi connectivity index (χ0v) is 11.3. The molecule has 19 heavy (non-hydrogen) atoms. The first-order valence-corrected chi connectivity index (χ1v) is 6.98. The van der Waals surface area contributed by atoms with Crippen molar-refractivity contribution in [1.29, 1.82) is 0 Å². The molecular weight excluding hydrogens is 240 g/mol. The topological polar surface area (TPSA) is 41.6 Å². The highest BCUT2D eigenvalue weighted by Gasteiger charge is 2.33. The van der Waals surface area contributed by atoms with Gasteiger partial charge in [0.1, 0.15) is 0 Å². The number of ether oxygens (including phenoxy) is 1. The van der Waals surface area contributed by atoms with Gasteiger partial charge in [-0.3, -0.25) is 4.79 Å². The molecule has 0 spiro atoms. The first-order valence-electron chi connectivity index (χ1n) is 6.98. The maximum atomic E-state index is 12.7. The summed E-state index contributed by atoms with van der Waals surface area (Å²) < 4.78 is 5.76. The van der Waals surface area contributed by atoms with Crippen LogP contribution in [0.25, 0.3) is 0 Å². The third kappa shape index (κ3) is 2.38. The second-order valence-electron chi connectivity index (χ2n) is 5.28. The van der Waals surface area contributed by atoms with Crippen LogP contribution < -0.4 is 5.32 Å². The summed E-state index contributed by atoms with van der Waals surface area (Å²) in [5.41, 5.74) is 2.29. The Morgan fingerprint density at radius 1 is 1.42 bits per heavy atom. The summed E-state index contributed by atoms with van der Waals surface area (Å²) in [4.78, 5) is 14.6. The quantitative estimate of drug-likeness (QED) is 0.823. The Balaban J connectivity index is 1.84. The molecule has 4 nitrogen and oxygen atoms in total. The van der Waals surface area contributed by atoms with E-state index in [-0.39, 0.29) is 11.9 Å². The van der Waals surface area contributed by atoms with Gasteiger partial charge in [-0.15, -0.1) is 0 Å². The first-order chi connectivity index (χ1) is 9.27. The van der Waals surface area contributed by atoms with Crippen LogP contribution in [0.4, 0.5) is 0 Å². The highest BCUT2D eigenvalue weighted by molar-refractivity contribution is 5.83. The van der Waals surface area contributed by atoms with Crippen LogP contribution >= 0.6 is 0 Å². The molecular formula is C15H20N2O2. The van der Waals surface area contributed by atoms with Crippen molar-refractivity contribution in [1.82, 2.24) is 10.2 Å².